The highest BCUT2D eigenvalue weighted by Crippen LogP contribution is 2.30. The second-order valence-electron chi connectivity index (χ2n) is 8.09. The molecule has 1 aromatic heterocycles. The highest BCUT2D eigenvalue weighted by Gasteiger charge is 2.23. The number of nitrogens with one attached hydrogen (secondary N) is 1. The third-order valence-corrected chi connectivity index (χ3v) is 7.30. The molecular formula is C26H32N2O5S. The summed E-state index contributed by atoms with van der Waals surface area (Å²) in [5, 5.41) is 2.82. The number of carbonyl (C=O) groups excluding carboxylic acids is 1. The standard InChI is InChI=1S/C26H32N2O5S/c1-5-28(6-2)34(30,31)22-14-16-25(32-19(3)4)23(18-22)27-26(29)17-13-21-12-15-24(33-21)20-10-8-7-9-11-20/h7-12,14-16,18-19H,5-6,13,17H2,1-4H3,(H,27,29). The molecule has 0 aliphatic rings. The normalized spacial score (nSPS) is 11.7. The number of ether oxygens (including phenoxy) is 1. The second kappa shape index (κ2) is 11.4. The van der Waals surface area contributed by atoms with Crippen molar-refractivity contribution < 1.29 is 22.4 Å². The second-order valence-corrected chi connectivity index (χ2v) is 10.0. The van der Waals surface area contributed by atoms with Crippen molar-refractivity contribution in [3.63, 3.8) is 0 Å². The third kappa shape index (κ3) is 6.27. The third-order valence-electron chi connectivity index (χ3n) is 5.25. The van der Waals surface area contributed by atoms with Gasteiger partial charge in [-0.05, 0) is 44.2 Å². The van der Waals surface area contributed by atoms with Gasteiger partial charge in [-0.15, -0.1) is 0 Å². The van der Waals surface area contributed by atoms with Crippen molar-refractivity contribution in [3.8, 4) is 17.1 Å². The topological polar surface area (TPSA) is 88.9 Å². The zero-order chi connectivity index (χ0) is 24.7. The summed E-state index contributed by atoms with van der Waals surface area (Å²) < 4.78 is 39.0. The van der Waals surface area contributed by atoms with E-state index in [0.29, 0.717) is 36.7 Å². The molecule has 8 heteroatoms. The summed E-state index contributed by atoms with van der Waals surface area (Å²) in [6.45, 7) is 8.04. The van der Waals surface area contributed by atoms with Crippen molar-refractivity contribution in [2.75, 3.05) is 18.4 Å². The van der Waals surface area contributed by atoms with Crippen molar-refractivity contribution >= 4 is 21.6 Å². The summed E-state index contributed by atoms with van der Waals surface area (Å²) in [5.41, 5.74) is 1.30. The van der Waals surface area contributed by atoms with E-state index in [1.807, 2.05) is 56.3 Å². The first kappa shape index (κ1) is 25.5. The van der Waals surface area contributed by atoms with E-state index in [1.165, 1.54) is 16.4 Å². The van der Waals surface area contributed by atoms with Gasteiger partial charge in [0.2, 0.25) is 15.9 Å². The van der Waals surface area contributed by atoms with Crippen LogP contribution in [0.4, 0.5) is 5.69 Å². The van der Waals surface area contributed by atoms with E-state index in [-0.39, 0.29) is 23.3 Å². The van der Waals surface area contributed by atoms with E-state index in [2.05, 4.69) is 5.32 Å². The first-order valence-corrected chi connectivity index (χ1v) is 12.9. The van der Waals surface area contributed by atoms with Gasteiger partial charge < -0.3 is 14.5 Å². The molecule has 0 saturated heterocycles. The fourth-order valence-corrected chi connectivity index (χ4v) is 5.04. The first-order chi connectivity index (χ1) is 16.2. The first-order valence-electron chi connectivity index (χ1n) is 11.5. The molecule has 3 rings (SSSR count). The van der Waals surface area contributed by atoms with Crippen molar-refractivity contribution in [3.05, 3.63) is 66.4 Å². The zero-order valence-corrected chi connectivity index (χ0v) is 20.9. The van der Waals surface area contributed by atoms with Crippen molar-refractivity contribution in [2.24, 2.45) is 0 Å². The fourth-order valence-electron chi connectivity index (χ4n) is 3.56. The Bertz CT molecular complexity index is 1200. The van der Waals surface area contributed by atoms with Gasteiger partial charge in [-0.25, -0.2) is 8.42 Å². The molecule has 0 aliphatic carbocycles. The highest BCUT2D eigenvalue weighted by atomic mass is 32.2. The number of rotatable bonds is 11. The smallest absolute Gasteiger partial charge is 0.243 e. The SMILES string of the molecule is CCN(CC)S(=O)(=O)c1ccc(OC(C)C)c(NC(=O)CCc2ccc(-c3ccccc3)o2)c1. The van der Waals surface area contributed by atoms with Gasteiger partial charge in [0, 0.05) is 31.5 Å². The Morgan fingerprint density at radius 1 is 1.03 bits per heavy atom. The Labute approximate surface area is 201 Å². The summed E-state index contributed by atoms with van der Waals surface area (Å²) in [4.78, 5) is 12.9. The van der Waals surface area contributed by atoms with Crippen molar-refractivity contribution in [2.45, 2.75) is 51.5 Å². The van der Waals surface area contributed by atoms with Crippen LogP contribution >= 0.6 is 0 Å². The molecule has 0 fully saturated rings. The van der Waals surface area contributed by atoms with Crippen molar-refractivity contribution in [1.29, 1.82) is 0 Å². The van der Waals surface area contributed by atoms with Crippen LogP contribution in [0.3, 0.4) is 0 Å². The lowest BCUT2D eigenvalue weighted by molar-refractivity contribution is -0.116. The number of aryl methyl sites for hydroxylation is 1. The molecule has 0 radical (unpaired) electrons. The zero-order valence-electron chi connectivity index (χ0n) is 20.1. The fraction of sp³-hybridized carbons (Fsp3) is 0.346. The van der Waals surface area contributed by atoms with E-state index in [0.717, 1.165) is 11.3 Å². The number of hydrogen-bond donors (Lipinski definition) is 1. The summed E-state index contributed by atoms with van der Waals surface area (Å²) in [5.74, 6) is 1.61. The highest BCUT2D eigenvalue weighted by molar-refractivity contribution is 7.89. The number of carbonyl (C=O) groups is 1. The molecular weight excluding hydrogens is 452 g/mol. The minimum Gasteiger partial charge on any atom is -0.489 e. The van der Waals surface area contributed by atoms with Gasteiger partial charge in [-0.3, -0.25) is 4.79 Å². The quantitative estimate of drug-likeness (QED) is 0.397. The molecule has 0 bridgehead atoms. The number of sulfonamides is 1. The van der Waals surface area contributed by atoms with Gasteiger partial charge in [0.05, 0.1) is 16.7 Å². The molecule has 3 aromatic rings. The predicted octanol–water partition coefficient (Wildman–Crippen LogP) is 5.34. The van der Waals surface area contributed by atoms with Gasteiger partial charge in [0.15, 0.2) is 0 Å². The van der Waals surface area contributed by atoms with Crippen LogP contribution in [-0.2, 0) is 21.2 Å². The number of amides is 1. The Morgan fingerprint density at radius 2 is 1.74 bits per heavy atom. The van der Waals surface area contributed by atoms with E-state index in [9.17, 15) is 13.2 Å². The molecule has 1 N–H and O–H groups in total. The maximum Gasteiger partial charge on any atom is 0.243 e. The Balaban J connectivity index is 1.75. The summed E-state index contributed by atoms with van der Waals surface area (Å²) in [6, 6.07) is 18.1. The molecule has 1 amide bonds. The van der Waals surface area contributed by atoms with Crippen LogP contribution in [-0.4, -0.2) is 37.8 Å². The van der Waals surface area contributed by atoms with Gasteiger partial charge in [0.25, 0.3) is 0 Å². The maximum absolute atomic E-state index is 13.0. The molecule has 1 heterocycles. The lowest BCUT2D eigenvalue weighted by Gasteiger charge is -2.20. The molecule has 0 saturated carbocycles. The average Bonchev–Trinajstić information content (AvgIpc) is 3.29. The molecule has 0 aliphatic heterocycles. The summed E-state index contributed by atoms with van der Waals surface area (Å²) >= 11 is 0. The van der Waals surface area contributed by atoms with Crippen LogP contribution in [0.25, 0.3) is 11.3 Å². The van der Waals surface area contributed by atoms with Gasteiger partial charge in [0.1, 0.15) is 17.3 Å². The van der Waals surface area contributed by atoms with Crippen LogP contribution in [0, 0.1) is 0 Å². The molecule has 34 heavy (non-hydrogen) atoms. The lowest BCUT2D eigenvalue weighted by atomic mass is 10.2. The lowest BCUT2D eigenvalue weighted by Crippen LogP contribution is -2.30. The molecule has 0 unspecified atom stereocenters. The average molecular weight is 485 g/mol. The largest absolute Gasteiger partial charge is 0.489 e. The van der Waals surface area contributed by atoms with E-state index < -0.39 is 10.0 Å². The van der Waals surface area contributed by atoms with E-state index in [1.54, 1.807) is 19.9 Å². The number of hydrogen-bond acceptors (Lipinski definition) is 5. The minimum atomic E-state index is -3.67. The van der Waals surface area contributed by atoms with Crippen LogP contribution < -0.4 is 10.1 Å². The van der Waals surface area contributed by atoms with Crippen LogP contribution in [0.15, 0.2) is 70.0 Å². The van der Waals surface area contributed by atoms with Crippen LogP contribution in [0.5, 0.6) is 5.75 Å². The van der Waals surface area contributed by atoms with Gasteiger partial charge >= 0.3 is 0 Å². The van der Waals surface area contributed by atoms with Gasteiger partial charge in [-0.2, -0.15) is 4.31 Å². The molecule has 0 atom stereocenters. The molecule has 0 spiro atoms. The number of benzene rings is 2. The summed E-state index contributed by atoms with van der Waals surface area (Å²) in [7, 11) is -3.67. The number of furan rings is 1. The number of anilines is 1. The maximum atomic E-state index is 13.0. The molecule has 7 nitrogen and oxygen atoms in total. The monoisotopic (exact) mass is 484 g/mol. The van der Waals surface area contributed by atoms with E-state index >= 15 is 0 Å². The summed E-state index contributed by atoms with van der Waals surface area (Å²) in [6.07, 6.45) is 0.451. The minimum absolute atomic E-state index is 0.112. The predicted molar refractivity (Wildman–Crippen MR) is 133 cm³/mol. The van der Waals surface area contributed by atoms with Crippen LogP contribution in [0.2, 0.25) is 0 Å². The van der Waals surface area contributed by atoms with Crippen molar-refractivity contribution in [1.82, 2.24) is 4.31 Å². The molecule has 2 aromatic carbocycles. The Kier molecular flexibility index (Phi) is 8.52. The Hall–Kier alpha value is -3.10. The van der Waals surface area contributed by atoms with Gasteiger partial charge in [-0.1, -0.05) is 44.2 Å². The van der Waals surface area contributed by atoms with Crippen LogP contribution in [0.1, 0.15) is 39.9 Å². The Morgan fingerprint density at radius 3 is 2.38 bits per heavy atom. The number of nitrogens with zero attached hydrogens (tertiary/aromatic N) is 1. The van der Waals surface area contributed by atoms with E-state index in [4.69, 9.17) is 9.15 Å². The molecule has 182 valence electrons.